The Balaban J connectivity index is 1.57. The summed E-state index contributed by atoms with van der Waals surface area (Å²) in [6.45, 7) is 6.42. The first-order valence-corrected chi connectivity index (χ1v) is 10.6. The van der Waals surface area contributed by atoms with Crippen LogP contribution in [0.15, 0.2) is 40.1 Å². The number of nitrogens with zero attached hydrogens (tertiary/aromatic N) is 2. The van der Waals surface area contributed by atoms with Crippen LogP contribution in [-0.4, -0.2) is 32.9 Å². The van der Waals surface area contributed by atoms with E-state index in [0.717, 1.165) is 18.4 Å². The fraction of sp³-hybridized carbons (Fsp3) is 0.348. The monoisotopic (exact) mass is 435 g/mol. The molecule has 1 saturated carbocycles. The molecule has 4 rings (SSSR count). The minimum Gasteiger partial charge on any atom is -0.352 e. The van der Waals surface area contributed by atoms with Crippen LogP contribution in [0.5, 0.6) is 0 Å². The van der Waals surface area contributed by atoms with Gasteiger partial charge in [-0.15, -0.1) is 0 Å². The predicted octanol–water partition coefficient (Wildman–Crippen LogP) is 2.37. The number of carbonyl (C=O) groups is 2. The minimum absolute atomic E-state index is 0.0351. The van der Waals surface area contributed by atoms with E-state index in [4.69, 9.17) is 0 Å². The van der Waals surface area contributed by atoms with E-state index in [1.54, 1.807) is 25.1 Å². The van der Waals surface area contributed by atoms with Gasteiger partial charge in [0.2, 0.25) is 0 Å². The summed E-state index contributed by atoms with van der Waals surface area (Å²) < 4.78 is 1.48. The van der Waals surface area contributed by atoms with Gasteiger partial charge >= 0.3 is 5.69 Å². The number of amides is 2. The number of aryl methyl sites for hydroxylation is 1. The molecule has 1 aliphatic carbocycles. The summed E-state index contributed by atoms with van der Waals surface area (Å²) in [7, 11) is 0. The number of rotatable bonds is 6. The lowest BCUT2D eigenvalue weighted by molar-refractivity contribution is 0.0948. The van der Waals surface area contributed by atoms with E-state index in [1.165, 1.54) is 16.8 Å². The number of hydrogen-bond donors (Lipinski definition) is 3. The molecule has 9 heteroatoms. The Labute approximate surface area is 183 Å². The summed E-state index contributed by atoms with van der Waals surface area (Å²) in [6, 6.07) is 6.51. The second-order valence-electron chi connectivity index (χ2n) is 8.54. The highest BCUT2D eigenvalue weighted by Crippen LogP contribution is 2.34. The lowest BCUT2D eigenvalue weighted by Gasteiger charge is -2.12. The van der Waals surface area contributed by atoms with Gasteiger partial charge in [0, 0.05) is 30.0 Å². The number of carbonyl (C=O) groups excluding carboxylic acids is 2. The molecule has 166 valence electrons. The summed E-state index contributed by atoms with van der Waals surface area (Å²) in [5, 5.41) is 5.85. The zero-order chi connectivity index (χ0) is 23.0. The Hall–Kier alpha value is -3.75. The van der Waals surface area contributed by atoms with Gasteiger partial charge in [-0.25, -0.2) is 9.78 Å². The first kappa shape index (κ1) is 21.5. The molecule has 32 heavy (non-hydrogen) atoms. The minimum atomic E-state index is -0.572. The van der Waals surface area contributed by atoms with Crippen LogP contribution in [0.4, 0.5) is 5.69 Å². The number of pyridine rings is 1. The standard InChI is InChI=1S/C23H25N5O4/c1-12(2)10-25-20(29)14-4-7-18(13(3)8-14)26-21(30)15-9-17-19(24-11-15)28(16-5-6-16)23(32)27-22(17)31/h4,7-9,11-12,16H,5-6,10H2,1-3H3,(H,25,29)(H,26,30)(H,27,31,32). The van der Waals surface area contributed by atoms with Gasteiger partial charge in [0.05, 0.1) is 10.9 Å². The molecule has 0 spiro atoms. The van der Waals surface area contributed by atoms with Gasteiger partial charge in [-0.2, -0.15) is 0 Å². The van der Waals surface area contributed by atoms with Crippen LogP contribution in [-0.2, 0) is 0 Å². The summed E-state index contributed by atoms with van der Waals surface area (Å²) in [5.74, 6) is -0.261. The Morgan fingerprint density at radius 2 is 1.91 bits per heavy atom. The first-order chi connectivity index (χ1) is 15.2. The Morgan fingerprint density at radius 3 is 2.56 bits per heavy atom. The highest BCUT2D eigenvalue weighted by molar-refractivity contribution is 6.06. The molecule has 3 N–H and O–H groups in total. The predicted molar refractivity (Wildman–Crippen MR) is 121 cm³/mol. The number of aromatic nitrogens is 3. The Bertz CT molecular complexity index is 1330. The maximum absolute atomic E-state index is 12.8. The topological polar surface area (TPSA) is 126 Å². The molecule has 0 atom stereocenters. The maximum atomic E-state index is 12.8. The maximum Gasteiger partial charge on any atom is 0.330 e. The molecular formula is C23H25N5O4. The van der Waals surface area contributed by atoms with Crippen LogP contribution >= 0.6 is 0 Å². The molecule has 0 saturated heterocycles. The van der Waals surface area contributed by atoms with Crippen molar-refractivity contribution in [1.82, 2.24) is 19.9 Å². The lowest BCUT2D eigenvalue weighted by atomic mass is 10.1. The average Bonchev–Trinajstić information content (AvgIpc) is 3.58. The quantitative estimate of drug-likeness (QED) is 0.548. The van der Waals surface area contributed by atoms with E-state index >= 15 is 0 Å². The van der Waals surface area contributed by atoms with Crippen LogP contribution in [0, 0.1) is 12.8 Å². The highest BCUT2D eigenvalue weighted by atomic mass is 16.2. The molecule has 1 aliphatic rings. The molecule has 2 amide bonds. The molecule has 0 aliphatic heterocycles. The van der Waals surface area contributed by atoms with Gasteiger partial charge < -0.3 is 10.6 Å². The molecule has 2 aromatic heterocycles. The molecule has 0 radical (unpaired) electrons. The fourth-order valence-electron chi connectivity index (χ4n) is 3.47. The molecule has 1 aromatic carbocycles. The van der Waals surface area contributed by atoms with Crippen molar-refractivity contribution in [3.05, 3.63) is 68.0 Å². The van der Waals surface area contributed by atoms with Gasteiger partial charge in [0.25, 0.3) is 17.4 Å². The van der Waals surface area contributed by atoms with Crippen LogP contribution in [0.2, 0.25) is 0 Å². The largest absolute Gasteiger partial charge is 0.352 e. The van der Waals surface area contributed by atoms with E-state index in [2.05, 4.69) is 20.6 Å². The van der Waals surface area contributed by atoms with Crippen molar-refractivity contribution in [3.63, 3.8) is 0 Å². The molecule has 9 nitrogen and oxygen atoms in total. The van der Waals surface area contributed by atoms with Crippen LogP contribution in [0.1, 0.15) is 59.0 Å². The normalized spacial score (nSPS) is 13.4. The smallest absolute Gasteiger partial charge is 0.330 e. The summed E-state index contributed by atoms with van der Waals surface area (Å²) >= 11 is 0. The summed E-state index contributed by atoms with van der Waals surface area (Å²) in [6.07, 6.45) is 3.07. The van der Waals surface area contributed by atoms with Crippen LogP contribution < -0.4 is 21.9 Å². The van der Waals surface area contributed by atoms with Crippen molar-refractivity contribution in [3.8, 4) is 0 Å². The Morgan fingerprint density at radius 1 is 1.16 bits per heavy atom. The second kappa shape index (κ2) is 8.41. The van der Waals surface area contributed by atoms with E-state index in [1.807, 2.05) is 13.8 Å². The zero-order valence-electron chi connectivity index (χ0n) is 18.2. The first-order valence-electron chi connectivity index (χ1n) is 10.6. The number of nitrogens with one attached hydrogen (secondary N) is 3. The number of benzene rings is 1. The molecule has 0 unspecified atom stereocenters. The third-order valence-electron chi connectivity index (χ3n) is 5.36. The third kappa shape index (κ3) is 4.32. The van der Waals surface area contributed by atoms with Crippen LogP contribution in [0.3, 0.4) is 0 Å². The molecule has 0 bridgehead atoms. The van der Waals surface area contributed by atoms with Crippen molar-refractivity contribution in [2.45, 2.75) is 39.7 Å². The SMILES string of the molecule is Cc1cc(C(=O)NCC(C)C)ccc1NC(=O)c1cnc2c(c1)c(=O)[nH]c(=O)n2C1CC1. The van der Waals surface area contributed by atoms with Crippen molar-refractivity contribution >= 4 is 28.5 Å². The average molecular weight is 435 g/mol. The number of anilines is 1. The number of hydrogen-bond acceptors (Lipinski definition) is 5. The molecule has 3 aromatic rings. The molecule has 1 fully saturated rings. The molecule has 2 heterocycles. The fourth-order valence-corrected chi connectivity index (χ4v) is 3.47. The lowest BCUT2D eigenvalue weighted by Crippen LogP contribution is -2.30. The van der Waals surface area contributed by atoms with Gasteiger partial charge in [-0.05, 0) is 55.5 Å². The van der Waals surface area contributed by atoms with Gasteiger partial charge in [-0.1, -0.05) is 13.8 Å². The number of fused-ring (bicyclic) bond motifs is 1. The van der Waals surface area contributed by atoms with E-state index in [9.17, 15) is 19.2 Å². The van der Waals surface area contributed by atoms with E-state index < -0.39 is 17.2 Å². The van der Waals surface area contributed by atoms with Crippen LogP contribution in [0.25, 0.3) is 11.0 Å². The van der Waals surface area contributed by atoms with Crippen molar-refractivity contribution in [2.75, 3.05) is 11.9 Å². The van der Waals surface area contributed by atoms with E-state index in [-0.39, 0.29) is 28.5 Å². The number of aromatic amines is 1. The zero-order valence-corrected chi connectivity index (χ0v) is 18.2. The Kier molecular flexibility index (Phi) is 5.65. The summed E-state index contributed by atoms with van der Waals surface area (Å²) in [5.41, 5.74) is 1.21. The van der Waals surface area contributed by atoms with Gasteiger partial charge in [0.1, 0.15) is 5.65 Å². The van der Waals surface area contributed by atoms with Crippen molar-refractivity contribution < 1.29 is 9.59 Å². The van der Waals surface area contributed by atoms with Gasteiger partial charge in [0.15, 0.2) is 0 Å². The second-order valence-corrected chi connectivity index (χ2v) is 8.54. The van der Waals surface area contributed by atoms with Crippen molar-refractivity contribution in [2.24, 2.45) is 5.92 Å². The van der Waals surface area contributed by atoms with Crippen molar-refractivity contribution in [1.29, 1.82) is 0 Å². The number of H-pyrrole nitrogens is 1. The van der Waals surface area contributed by atoms with E-state index in [0.29, 0.717) is 23.7 Å². The third-order valence-corrected chi connectivity index (χ3v) is 5.36. The van der Waals surface area contributed by atoms with Gasteiger partial charge in [-0.3, -0.25) is 23.9 Å². The highest BCUT2D eigenvalue weighted by Gasteiger charge is 2.27. The molecular weight excluding hydrogens is 410 g/mol. The summed E-state index contributed by atoms with van der Waals surface area (Å²) in [4.78, 5) is 56.1.